The van der Waals surface area contributed by atoms with E-state index in [0.29, 0.717) is 11.6 Å². The minimum Gasteiger partial charge on any atom is -0.497 e. The molecule has 1 fully saturated rings. The fourth-order valence-corrected chi connectivity index (χ4v) is 5.54. The van der Waals surface area contributed by atoms with Crippen molar-refractivity contribution in [2.24, 2.45) is 11.8 Å². The summed E-state index contributed by atoms with van der Waals surface area (Å²) < 4.78 is 5.63. The van der Waals surface area contributed by atoms with Crippen LogP contribution >= 0.6 is 0 Å². The summed E-state index contributed by atoms with van der Waals surface area (Å²) in [6, 6.07) is 3.90. The van der Waals surface area contributed by atoms with Gasteiger partial charge in [0.1, 0.15) is 12.4 Å². The van der Waals surface area contributed by atoms with E-state index in [2.05, 4.69) is 21.7 Å². The average Bonchev–Trinajstić information content (AvgIpc) is 3.17. The van der Waals surface area contributed by atoms with Crippen molar-refractivity contribution in [3.05, 3.63) is 46.5 Å². The van der Waals surface area contributed by atoms with Crippen molar-refractivity contribution in [2.75, 3.05) is 26.8 Å². The molecule has 30 heavy (non-hydrogen) atoms. The zero-order valence-electron chi connectivity index (χ0n) is 17.9. The molecule has 2 aliphatic heterocycles. The second-order valence-electron chi connectivity index (χ2n) is 8.30. The quantitative estimate of drug-likeness (QED) is 0.576. The Labute approximate surface area is 177 Å². The fraction of sp³-hybridized carbons (Fsp3) is 0.500. The van der Waals surface area contributed by atoms with Gasteiger partial charge in [-0.2, -0.15) is 0 Å². The fourth-order valence-electron chi connectivity index (χ4n) is 5.54. The minimum absolute atomic E-state index is 0.138. The molecule has 0 unspecified atom stereocenters. The molecule has 0 amide bonds. The van der Waals surface area contributed by atoms with Crippen LogP contribution in [0.1, 0.15) is 44.0 Å². The Bertz CT molecular complexity index is 1050. The Balaban J connectivity index is 1.79. The molecule has 3 heterocycles. The monoisotopic (exact) mass is 407 g/mol. The molecule has 2 aromatic rings. The molecule has 1 saturated heterocycles. The zero-order chi connectivity index (χ0) is 21.4. The first-order valence-electron chi connectivity index (χ1n) is 10.7. The van der Waals surface area contributed by atoms with E-state index in [9.17, 15) is 9.90 Å². The van der Waals surface area contributed by atoms with Gasteiger partial charge in [-0.1, -0.05) is 19.4 Å². The van der Waals surface area contributed by atoms with Crippen LogP contribution in [0.25, 0.3) is 15.7 Å². The SMILES string of the molecule is [C-]#[N+]c1cc(OC)c2c3c([nH]c2c1)[C@@H]1C[C@H](/C(=C\C)C(=O)CO)[C@H](CC)CN1CC3. The molecule has 0 bridgehead atoms. The van der Waals surface area contributed by atoms with Crippen molar-refractivity contribution in [3.8, 4) is 5.75 Å². The number of aliphatic hydroxyl groups excluding tert-OH is 1. The molecule has 6 nitrogen and oxygen atoms in total. The highest BCUT2D eigenvalue weighted by Gasteiger charge is 2.41. The van der Waals surface area contributed by atoms with Crippen molar-refractivity contribution in [1.29, 1.82) is 0 Å². The number of aliphatic hydroxyl groups is 1. The second-order valence-corrected chi connectivity index (χ2v) is 8.30. The molecule has 1 aromatic carbocycles. The first kappa shape index (κ1) is 20.6. The van der Waals surface area contributed by atoms with Crippen molar-refractivity contribution in [1.82, 2.24) is 9.88 Å². The summed E-state index contributed by atoms with van der Waals surface area (Å²) in [6.45, 7) is 12.9. The number of piperidine rings is 1. The Morgan fingerprint density at radius 2 is 2.27 bits per heavy atom. The summed E-state index contributed by atoms with van der Waals surface area (Å²) in [5, 5.41) is 10.5. The van der Waals surface area contributed by atoms with Gasteiger partial charge in [0.15, 0.2) is 11.5 Å². The van der Waals surface area contributed by atoms with Crippen LogP contribution in [0.15, 0.2) is 23.8 Å². The highest BCUT2D eigenvalue weighted by Crippen LogP contribution is 2.47. The number of methoxy groups -OCH3 is 1. The van der Waals surface area contributed by atoms with E-state index in [1.165, 1.54) is 11.3 Å². The van der Waals surface area contributed by atoms with Crippen LogP contribution in [0, 0.1) is 18.4 Å². The number of carbonyl (C=O) groups excluding carboxylic acids is 1. The van der Waals surface area contributed by atoms with E-state index in [1.54, 1.807) is 7.11 Å². The highest BCUT2D eigenvalue weighted by molar-refractivity contribution is 5.97. The molecule has 1 aromatic heterocycles. The average molecular weight is 408 g/mol. The molecule has 6 heteroatoms. The molecule has 3 atom stereocenters. The van der Waals surface area contributed by atoms with Crippen LogP contribution in [0.3, 0.4) is 0 Å². The Kier molecular flexibility index (Phi) is 5.68. The zero-order valence-corrected chi connectivity index (χ0v) is 17.9. The molecule has 0 radical (unpaired) electrons. The summed E-state index contributed by atoms with van der Waals surface area (Å²) in [5.41, 5.74) is 4.72. The van der Waals surface area contributed by atoms with Crippen LogP contribution in [0.5, 0.6) is 5.75 Å². The second kappa shape index (κ2) is 8.25. The largest absolute Gasteiger partial charge is 0.497 e. The first-order chi connectivity index (χ1) is 14.6. The maximum absolute atomic E-state index is 12.4. The smallest absolute Gasteiger partial charge is 0.192 e. The number of fused-ring (bicyclic) bond motifs is 5. The number of hydrogen-bond donors (Lipinski definition) is 2. The lowest BCUT2D eigenvalue weighted by Gasteiger charge is -2.46. The number of aromatic nitrogens is 1. The van der Waals surface area contributed by atoms with Gasteiger partial charge in [0.25, 0.3) is 0 Å². The van der Waals surface area contributed by atoms with Gasteiger partial charge in [0, 0.05) is 29.7 Å². The van der Waals surface area contributed by atoms with E-state index < -0.39 is 6.61 Å². The lowest BCUT2D eigenvalue weighted by molar-refractivity contribution is -0.119. The number of benzene rings is 1. The molecule has 2 aliphatic rings. The predicted molar refractivity (Wildman–Crippen MR) is 117 cm³/mol. The van der Waals surface area contributed by atoms with Crippen molar-refractivity contribution >= 4 is 22.4 Å². The van der Waals surface area contributed by atoms with Crippen molar-refractivity contribution in [3.63, 3.8) is 0 Å². The molecule has 0 spiro atoms. The number of Topliss-reactive ketones (excluding diaryl/α,β-unsaturated/α-hetero) is 1. The van der Waals surface area contributed by atoms with Gasteiger partial charge in [0.05, 0.1) is 19.7 Å². The van der Waals surface area contributed by atoms with E-state index in [-0.39, 0.29) is 17.7 Å². The Morgan fingerprint density at radius 3 is 2.90 bits per heavy atom. The number of aromatic amines is 1. The topological polar surface area (TPSA) is 69.9 Å². The number of nitrogens with zero attached hydrogens (tertiary/aromatic N) is 2. The van der Waals surface area contributed by atoms with Crippen LogP contribution < -0.4 is 4.74 Å². The van der Waals surface area contributed by atoms with Crippen molar-refractivity contribution in [2.45, 2.75) is 39.2 Å². The van der Waals surface area contributed by atoms with Crippen molar-refractivity contribution < 1.29 is 14.6 Å². The van der Waals surface area contributed by atoms with Crippen LogP contribution in [0.2, 0.25) is 0 Å². The molecule has 2 N–H and O–H groups in total. The molecular weight excluding hydrogens is 378 g/mol. The third-order valence-corrected chi connectivity index (χ3v) is 6.97. The van der Waals surface area contributed by atoms with E-state index in [4.69, 9.17) is 11.3 Å². The number of nitrogens with one attached hydrogen (secondary N) is 1. The molecule has 0 aliphatic carbocycles. The van der Waals surface area contributed by atoms with E-state index in [0.717, 1.165) is 54.6 Å². The number of hydrogen-bond acceptors (Lipinski definition) is 4. The Morgan fingerprint density at radius 1 is 1.47 bits per heavy atom. The number of ether oxygens (including phenoxy) is 1. The standard InChI is InChI=1S/C24H29N3O3/c1-5-14-12-27-8-7-17-23-19(9-15(25-3)10-22(23)30-4)26-24(17)20(27)11-18(14)16(6-2)21(29)13-28/h6,9-10,14,18,20,26,28H,5,7-8,11-13H2,1-2,4H3/b16-6+/t14-,18+,20+/m1/s1. The lowest BCUT2D eigenvalue weighted by Crippen LogP contribution is -2.47. The lowest BCUT2D eigenvalue weighted by atomic mass is 9.73. The molecule has 4 rings (SSSR count). The third kappa shape index (κ3) is 3.23. The molecular formula is C24H29N3O3. The van der Waals surface area contributed by atoms with Gasteiger partial charge in [-0.3, -0.25) is 9.69 Å². The van der Waals surface area contributed by atoms with Gasteiger partial charge in [-0.05, 0) is 54.9 Å². The third-order valence-electron chi connectivity index (χ3n) is 6.97. The van der Waals surface area contributed by atoms with Crippen LogP contribution in [0.4, 0.5) is 5.69 Å². The summed E-state index contributed by atoms with van der Waals surface area (Å²) in [7, 11) is 1.65. The highest BCUT2D eigenvalue weighted by atomic mass is 16.5. The maximum Gasteiger partial charge on any atom is 0.192 e. The van der Waals surface area contributed by atoms with Gasteiger partial charge >= 0.3 is 0 Å². The van der Waals surface area contributed by atoms with Gasteiger partial charge < -0.3 is 14.8 Å². The number of H-pyrrole nitrogens is 1. The summed E-state index contributed by atoms with van der Waals surface area (Å²) in [4.78, 5) is 22.1. The summed E-state index contributed by atoms with van der Waals surface area (Å²) in [5.74, 6) is 1.12. The van der Waals surface area contributed by atoms with E-state index >= 15 is 0 Å². The van der Waals surface area contributed by atoms with Crippen LogP contribution in [-0.2, 0) is 11.2 Å². The maximum atomic E-state index is 12.4. The number of rotatable bonds is 5. The molecule has 0 saturated carbocycles. The molecule has 158 valence electrons. The summed E-state index contributed by atoms with van der Waals surface area (Å²) in [6.07, 6.45) is 4.68. The summed E-state index contributed by atoms with van der Waals surface area (Å²) >= 11 is 0. The number of allylic oxidation sites excluding steroid dienone is 1. The normalized spacial score (nSPS) is 24.2. The van der Waals surface area contributed by atoms with Gasteiger partial charge in [-0.25, -0.2) is 4.85 Å². The Hall–Kier alpha value is -2.62. The van der Waals surface area contributed by atoms with Gasteiger partial charge in [-0.15, -0.1) is 0 Å². The number of carbonyl (C=O) groups is 1. The van der Waals surface area contributed by atoms with Gasteiger partial charge in [0.2, 0.25) is 0 Å². The number of ketones is 1. The first-order valence-corrected chi connectivity index (χ1v) is 10.7. The van der Waals surface area contributed by atoms with E-state index in [1.807, 2.05) is 25.1 Å². The predicted octanol–water partition coefficient (Wildman–Crippen LogP) is 4.18. The minimum atomic E-state index is -0.435. The van der Waals surface area contributed by atoms with Crippen LogP contribution in [-0.4, -0.2) is 47.6 Å².